The van der Waals surface area contributed by atoms with Gasteiger partial charge in [-0.3, -0.25) is 4.90 Å². The molecule has 6 heteroatoms. The van der Waals surface area contributed by atoms with E-state index in [0.717, 1.165) is 30.4 Å². The number of likely N-dealkylation sites (tertiary alicyclic amines) is 1. The standard InChI is InChI=1S/C16H24N4O2/c1-16(2,3)13-8-19-14(22-13)10-20-9-11(21-4)7-12(20)15-17-5-6-18-15/h5-6,8,11-12H,7,9-10H2,1-4H3,(H,17,18)/t11-,12?/m1/s1. The molecule has 0 aliphatic carbocycles. The van der Waals surface area contributed by atoms with Gasteiger partial charge in [-0.1, -0.05) is 20.8 Å². The van der Waals surface area contributed by atoms with Gasteiger partial charge in [-0.05, 0) is 6.42 Å². The van der Waals surface area contributed by atoms with Gasteiger partial charge in [-0.25, -0.2) is 9.97 Å². The van der Waals surface area contributed by atoms with E-state index in [1.807, 2.05) is 12.4 Å². The lowest BCUT2D eigenvalue weighted by Gasteiger charge is -2.21. The number of aromatic nitrogens is 3. The van der Waals surface area contributed by atoms with Crippen molar-refractivity contribution in [3.05, 3.63) is 36.1 Å². The second-order valence-corrected chi connectivity index (χ2v) is 6.88. The van der Waals surface area contributed by atoms with Crippen LogP contribution < -0.4 is 0 Å². The van der Waals surface area contributed by atoms with Gasteiger partial charge in [0.05, 0.1) is 24.9 Å². The Bertz CT molecular complexity index is 600. The molecule has 1 N–H and O–H groups in total. The highest BCUT2D eigenvalue weighted by molar-refractivity contribution is 5.07. The first kappa shape index (κ1) is 15.2. The molecule has 2 aromatic rings. The van der Waals surface area contributed by atoms with Crippen LogP contribution in [-0.4, -0.2) is 39.6 Å². The number of hydrogen-bond acceptors (Lipinski definition) is 5. The van der Waals surface area contributed by atoms with Crippen molar-refractivity contribution >= 4 is 0 Å². The van der Waals surface area contributed by atoms with E-state index in [1.54, 1.807) is 13.3 Å². The molecule has 1 unspecified atom stereocenters. The zero-order chi connectivity index (χ0) is 15.7. The number of ether oxygens (including phenoxy) is 1. The number of H-pyrrole nitrogens is 1. The topological polar surface area (TPSA) is 67.2 Å². The first-order valence-electron chi connectivity index (χ1n) is 7.68. The molecule has 1 aliphatic rings. The Morgan fingerprint density at radius 1 is 1.41 bits per heavy atom. The molecule has 0 spiro atoms. The van der Waals surface area contributed by atoms with Crippen LogP contribution in [0.1, 0.15) is 50.7 Å². The molecular weight excluding hydrogens is 280 g/mol. The molecule has 0 radical (unpaired) electrons. The lowest BCUT2D eigenvalue weighted by Crippen LogP contribution is -2.25. The predicted molar refractivity (Wildman–Crippen MR) is 82.4 cm³/mol. The Kier molecular flexibility index (Phi) is 4.06. The summed E-state index contributed by atoms with van der Waals surface area (Å²) < 4.78 is 11.5. The van der Waals surface area contributed by atoms with Crippen molar-refractivity contribution in [1.82, 2.24) is 19.9 Å². The third-order valence-electron chi connectivity index (χ3n) is 4.16. The summed E-state index contributed by atoms with van der Waals surface area (Å²) in [6.07, 6.45) is 6.62. The highest BCUT2D eigenvalue weighted by atomic mass is 16.5. The monoisotopic (exact) mass is 304 g/mol. The number of hydrogen-bond donors (Lipinski definition) is 1. The minimum atomic E-state index is -0.0221. The van der Waals surface area contributed by atoms with Crippen LogP contribution in [0.3, 0.4) is 0 Å². The summed E-state index contributed by atoms with van der Waals surface area (Å²) in [5, 5.41) is 0. The van der Waals surface area contributed by atoms with Gasteiger partial charge in [-0.2, -0.15) is 0 Å². The molecular formula is C16H24N4O2. The smallest absolute Gasteiger partial charge is 0.208 e. The molecule has 1 saturated heterocycles. The molecule has 0 aromatic carbocycles. The van der Waals surface area contributed by atoms with Crippen LogP contribution >= 0.6 is 0 Å². The lowest BCUT2D eigenvalue weighted by atomic mass is 9.94. The average molecular weight is 304 g/mol. The summed E-state index contributed by atoms with van der Waals surface area (Å²) in [4.78, 5) is 14.4. The fraction of sp³-hybridized carbons (Fsp3) is 0.625. The van der Waals surface area contributed by atoms with Gasteiger partial charge in [0.1, 0.15) is 11.6 Å². The van der Waals surface area contributed by atoms with Gasteiger partial charge in [0.15, 0.2) is 0 Å². The van der Waals surface area contributed by atoms with Gasteiger partial charge in [0, 0.05) is 31.5 Å². The summed E-state index contributed by atoms with van der Waals surface area (Å²) >= 11 is 0. The molecule has 0 bridgehead atoms. The zero-order valence-corrected chi connectivity index (χ0v) is 13.7. The van der Waals surface area contributed by atoms with Crippen molar-refractivity contribution in [2.45, 2.75) is 51.3 Å². The highest BCUT2D eigenvalue weighted by Crippen LogP contribution is 2.33. The van der Waals surface area contributed by atoms with Crippen molar-refractivity contribution in [2.75, 3.05) is 13.7 Å². The maximum atomic E-state index is 5.92. The van der Waals surface area contributed by atoms with Crippen LogP contribution in [0.15, 0.2) is 23.0 Å². The second kappa shape index (κ2) is 5.85. The highest BCUT2D eigenvalue weighted by Gasteiger charge is 2.35. The number of nitrogens with zero attached hydrogens (tertiary/aromatic N) is 3. The van der Waals surface area contributed by atoms with Gasteiger partial charge in [0.25, 0.3) is 0 Å². The summed E-state index contributed by atoms with van der Waals surface area (Å²) in [6, 6.07) is 0.213. The van der Waals surface area contributed by atoms with Gasteiger partial charge in [0.2, 0.25) is 5.89 Å². The van der Waals surface area contributed by atoms with Crippen LogP contribution in [0.2, 0.25) is 0 Å². The minimum absolute atomic E-state index is 0.0221. The SMILES string of the molecule is CO[C@@H]1CC(c2ncc[nH]2)N(Cc2ncc(C(C)(C)C)o2)C1. The lowest BCUT2D eigenvalue weighted by molar-refractivity contribution is 0.105. The summed E-state index contributed by atoms with van der Waals surface area (Å²) in [6.45, 7) is 7.90. The molecule has 1 aliphatic heterocycles. The maximum absolute atomic E-state index is 5.92. The normalized spacial score (nSPS) is 23.3. The Morgan fingerprint density at radius 3 is 2.82 bits per heavy atom. The second-order valence-electron chi connectivity index (χ2n) is 6.88. The molecule has 2 atom stereocenters. The van der Waals surface area contributed by atoms with E-state index in [0.29, 0.717) is 6.54 Å². The molecule has 0 saturated carbocycles. The number of nitrogens with one attached hydrogen (secondary N) is 1. The number of imidazole rings is 1. The van der Waals surface area contributed by atoms with E-state index in [1.165, 1.54) is 0 Å². The van der Waals surface area contributed by atoms with Gasteiger partial charge in [-0.15, -0.1) is 0 Å². The third-order valence-corrected chi connectivity index (χ3v) is 4.16. The van der Waals surface area contributed by atoms with E-state index in [-0.39, 0.29) is 17.6 Å². The first-order chi connectivity index (χ1) is 10.5. The summed E-state index contributed by atoms with van der Waals surface area (Å²) in [5.41, 5.74) is -0.0221. The first-order valence-corrected chi connectivity index (χ1v) is 7.68. The van der Waals surface area contributed by atoms with Crippen molar-refractivity contribution in [1.29, 1.82) is 0 Å². The Hall–Kier alpha value is -1.66. The van der Waals surface area contributed by atoms with Crippen molar-refractivity contribution in [3.63, 3.8) is 0 Å². The molecule has 3 rings (SSSR count). The van der Waals surface area contributed by atoms with Crippen molar-refractivity contribution in [2.24, 2.45) is 0 Å². The zero-order valence-electron chi connectivity index (χ0n) is 13.7. The molecule has 0 amide bonds. The fourth-order valence-electron chi connectivity index (χ4n) is 2.86. The Morgan fingerprint density at radius 2 is 2.23 bits per heavy atom. The number of methoxy groups -OCH3 is 1. The van der Waals surface area contributed by atoms with E-state index in [9.17, 15) is 0 Å². The Labute approximate surface area is 130 Å². The Balaban J connectivity index is 1.76. The van der Waals surface area contributed by atoms with Gasteiger partial charge < -0.3 is 14.1 Å². The van der Waals surface area contributed by atoms with E-state index < -0.39 is 0 Å². The van der Waals surface area contributed by atoms with E-state index >= 15 is 0 Å². The van der Waals surface area contributed by atoms with Crippen LogP contribution in [0.25, 0.3) is 0 Å². The minimum Gasteiger partial charge on any atom is -0.444 e. The maximum Gasteiger partial charge on any atom is 0.208 e. The van der Waals surface area contributed by atoms with Crippen LogP contribution in [-0.2, 0) is 16.7 Å². The van der Waals surface area contributed by atoms with Crippen LogP contribution in [0.5, 0.6) is 0 Å². The number of oxazole rings is 1. The fourth-order valence-corrected chi connectivity index (χ4v) is 2.86. The third kappa shape index (κ3) is 3.08. The van der Waals surface area contributed by atoms with Crippen molar-refractivity contribution < 1.29 is 9.15 Å². The van der Waals surface area contributed by atoms with Gasteiger partial charge >= 0.3 is 0 Å². The summed E-state index contributed by atoms with van der Waals surface area (Å²) in [5.74, 6) is 2.64. The number of rotatable bonds is 4. The number of aromatic amines is 1. The molecule has 6 nitrogen and oxygen atoms in total. The summed E-state index contributed by atoms with van der Waals surface area (Å²) in [7, 11) is 1.76. The van der Waals surface area contributed by atoms with Crippen molar-refractivity contribution in [3.8, 4) is 0 Å². The quantitative estimate of drug-likeness (QED) is 0.940. The molecule has 3 heterocycles. The van der Waals surface area contributed by atoms with E-state index in [4.69, 9.17) is 9.15 Å². The average Bonchev–Trinajstić information content (AvgIpc) is 3.17. The molecule has 2 aromatic heterocycles. The largest absolute Gasteiger partial charge is 0.444 e. The molecule has 22 heavy (non-hydrogen) atoms. The molecule has 120 valence electrons. The predicted octanol–water partition coefficient (Wildman–Crippen LogP) is 2.66. The van der Waals surface area contributed by atoms with Crippen LogP contribution in [0.4, 0.5) is 0 Å². The van der Waals surface area contributed by atoms with Crippen LogP contribution in [0, 0.1) is 0 Å². The van der Waals surface area contributed by atoms with E-state index in [2.05, 4.69) is 40.6 Å². The molecule has 1 fully saturated rings.